The quantitative estimate of drug-likeness (QED) is 0.288. The van der Waals surface area contributed by atoms with Gasteiger partial charge < -0.3 is 9.47 Å². The summed E-state index contributed by atoms with van der Waals surface area (Å²) >= 11 is 3.04. The summed E-state index contributed by atoms with van der Waals surface area (Å²) < 4.78 is 10.5. The van der Waals surface area contributed by atoms with E-state index in [1.807, 2.05) is 0 Å². The number of carbonyl (C=O) groups is 3. The number of nitro benzene ring substituents is 1. The Labute approximate surface area is 170 Å². The molecule has 0 bridgehead atoms. The van der Waals surface area contributed by atoms with Gasteiger partial charge in [-0.3, -0.25) is 19.8 Å². The number of ether oxygens (including phenoxy) is 2. The summed E-state index contributed by atoms with van der Waals surface area (Å²) in [5, 5.41) is 10.8. The number of amides is 1. The maximum atomic E-state index is 12.3. The topological polar surface area (TPSA) is 116 Å². The molecule has 1 heterocycles. The van der Waals surface area contributed by atoms with Crippen LogP contribution in [-0.2, 0) is 14.3 Å². The maximum absolute atomic E-state index is 12.3. The van der Waals surface area contributed by atoms with E-state index >= 15 is 0 Å². The number of hydrogen-bond donors (Lipinski definition) is 0. The van der Waals surface area contributed by atoms with E-state index in [4.69, 9.17) is 9.47 Å². The Morgan fingerprint density at radius 1 is 1.32 bits per heavy atom. The highest BCUT2D eigenvalue weighted by Gasteiger charge is 2.37. The van der Waals surface area contributed by atoms with E-state index in [2.05, 4.69) is 15.9 Å². The van der Waals surface area contributed by atoms with Gasteiger partial charge in [-0.05, 0) is 61.7 Å². The molecule has 0 spiro atoms. The molecule has 1 saturated heterocycles. The zero-order chi connectivity index (χ0) is 21.1. The molecule has 9 nitrogen and oxygen atoms in total. The summed E-state index contributed by atoms with van der Waals surface area (Å²) in [5.41, 5.74) is -0.693. The summed E-state index contributed by atoms with van der Waals surface area (Å²) in [6, 6.07) is 2.99. The van der Waals surface area contributed by atoms with Gasteiger partial charge in [-0.1, -0.05) is 0 Å². The van der Waals surface area contributed by atoms with Crippen LogP contribution < -0.4 is 0 Å². The molecular weight excluding hydrogens is 436 g/mol. The Bertz CT molecular complexity index is 804. The molecular formula is C18H21BrN2O7. The molecule has 1 amide bonds. The monoisotopic (exact) mass is 456 g/mol. The van der Waals surface area contributed by atoms with Crippen LogP contribution in [0.5, 0.6) is 0 Å². The van der Waals surface area contributed by atoms with Crippen LogP contribution in [0.25, 0.3) is 0 Å². The lowest BCUT2D eigenvalue weighted by Crippen LogP contribution is -2.44. The molecule has 1 aromatic rings. The molecule has 0 radical (unpaired) electrons. The van der Waals surface area contributed by atoms with Crippen molar-refractivity contribution in [2.45, 2.75) is 45.3 Å². The Balaban J connectivity index is 1.97. The molecule has 1 fully saturated rings. The van der Waals surface area contributed by atoms with Crippen LogP contribution in [0, 0.1) is 10.1 Å². The third kappa shape index (κ3) is 5.51. The molecule has 1 atom stereocenters. The standard InChI is InChI=1S/C18H21BrN2O7/c1-18(2,3)28-17(24)20-8-4-5-14(20)16(23)27-10-15(22)11-6-7-13(21(25)26)12(19)9-11/h6-7,9,14H,4-5,8,10H2,1-3H3. The van der Waals surface area contributed by atoms with Gasteiger partial charge in [0.25, 0.3) is 5.69 Å². The number of esters is 1. The number of benzene rings is 1. The molecule has 1 aliphatic rings. The van der Waals surface area contributed by atoms with Crippen LogP contribution in [0.2, 0.25) is 0 Å². The molecule has 1 aromatic carbocycles. The minimum absolute atomic E-state index is 0.154. The zero-order valence-electron chi connectivity index (χ0n) is 15.8. The van der Waals surface area contributed by atoms with E-state index in [9.17, 15) is 24.5 Å². The molecule has 152 valence electrons. The van der Waals surface area contributed by atoms with Crippen molar-refractivity contribution in [1.82, 2.24) is 4.90 Å². The van der Waals surface area contributed by atoms with Crippen LogP contribution in [0.4, 0.5) is 10.5 Å². The average Bonchev–Trinajstić information content (AvgIpc) is 3.07. The summed E-state index contributed by atoms with van der Waals surface area (Å²) in [7, 11) is 0. The van der Waals surface area contributed by atoms with Crippen molar-refractivity contribution in [2.75, 3.05) is 13.2 Å². The first-order valence-electron chi connectivity index (χ1n) is 8.63. The molecule has 0 aromatic heterocycles. The fourth-order valence-corrected chi connectivity index (χ4v) is 3.22. The number of hydrogen-bond acceptors (Lipinski definition) is 7. The van der Waals surface area contributed by atoms with Crippen molar-refractivity contribution in [3.05, 3.63) is 38.3 Å². The Morgan fingerprint density at radius 3 is 2.57 bits per heavy atom. The van der Waals surface area contributed by atoms with E-state index in [0.29, 0.717) is 19.4 Å². The van der Waals surface area contributed by atoms with Gasteiger partial charge in [0.15, 0.2) is 12.4 Å². The van der Waals surface area contributed by atoms with E-state index in [1.165, 1.54) is 23.1 Å². The minimum Gasteiger partial charge on any atom is -0.456 e. The lowest BCUT2D eigenvalue weighted by Gasteiger charge is -2.27. The number of ketones is 1. The highest BCUT2D eigenvalue weighted by atomic mass is 79.9. The van der Waals surface area contributed by atoms with Crippen molar-refractivity contribution >= 4 is 39.5 Å². The second-order valence-electron chi connectivity index (χ2n) is 7.29. The van der Waals surface area contributed by atoms with Gasteiger partial charge in [-0.2, -0.15) is 0 Å². The van der Waals surface area contributed by atoms with Gasteiger partial charge in [0, 0.05) is 18.2 Å². The molecule has 28 heavy (non-hydrogen) atoms. The van der Waals surface area contributed by atoms with Crippen LogP contribution in [0.1, 0.15) is 44.0 Å². The largest absolute Gasteiger partial charge is 0.456 e. The van der Waals surface area contributed by atoms with Crippen molar-refractivity contribution in [1.29, 1.82) is 0 Å². The second-order valence-corrected chi connectivity index (χ2v) is 8.14. The first-order chi connectivity index (χ1) is 13.0. The number of halogens is 1. The molecule has 1 aliphatic heterocycles. The Kier molecular flexibility index (Phi) is 6.76. The highest BCUT2D eigenvalue weighted by Crippen LogP contribution is 2.26. The normalized spacial score (nSPS) is 16.6. The molecule has 0 aliphatic carbocycles. The fourth-order valence-electron chi connectivity index (χ4n) is 2.70. The Morgan fingerprint density at radius 2 is 2.00 bits per heavy atom. The summed E-state index contributed by atoms with van der Waals surface area (Å²) in [6.45, 7) is 5.04. The van der Waals surface area contributed by atoms with Gasteiger partial charge in [0.05, 0.1) is 9.40 Å². The summed E-state index contributed by atoms with van der Waals surface area (Å²) in [4.78, 5) is 48.3. The number of nitrogens with zero attached hydrogens (tertiary/aromatic N) is 2. The van der Waals surface area contributed by atoms with Crippen LogP contribution in [-0.4, -0.2) is 52.5 Å². The smallest absolute Gasteiger partial charge is 0.411 e. The number of carbonyl (C=O) groups excluding carboxylic acids is 3. The predicted molar refractivity (Wildman–Crippen MR) is 102 cm³/mol. The third-order valence-electron chi connectivity index (χ3n) is 3.96. The molecule has 0 N–H and O–H groups in total. The number of nitro groups is 1. The van der Waals surface area contributed by atoms with Gasteiger partial charge >= 0.3 is 12.1 Å². The first kappa shape index (κ1) is 21.8. The van der Waals surface area contributed by atoms with Gasteiger partial charge in [-0.25, -0.2) is 9.59 Å². The van der Waals surface area contributed by atoms with Crippen molar-refractivity contribution in [3.63, 3.8) is 0 Å². The van der Waals surface area contributed by atoms with Crippen LogP contribution >= 0.6 is 15.9 Å². The Hall–Kier alpha value is -2.49. The fraction of sp³-hybridized carbons (Fsp3) is 0.500. The van der Waals surface area contributed by atoms with Crippen molar-refractivity contribution < 1.29 is 28.8 Å². The van der Waals surface area contributed by atoms with Gasteiger partial charge in [0.1, 0.15) is 11.6 Å². The van der Waals surface area contributed by atoms with Gasteiger partial charge in [0.2, 0.25) is 0 Å². The van der Waals surface area contributed by atoms with E-state index in [-0.39, 0.29) is 15.7 Å². The number of rotatable bonds is 5. The maximum Gasteiger partial charge on any atom is 0.411 e. The second kappa shape index (κ2) is 8.68. The predicted octanol–water partition coefficient (Wildman–Crippen LogP) is 3.48. The van der Waals surface area contributed by atoms with Crippen molar-refractivity contribution in [3.8, 4) is 0 Å². The molecule has 0 saturated carbocycles. The lowest BCUT2D eigenvalue weighted by atomic mass is 10.1. The molecule has 10 heteroatoms. The van der Waals surface area contributed by atoms with Gasteiger partial charge in [-0.15, -0.1) is 0 Å². The van der Waals surface area contributed by atoms with E-state index in [1.54, 1.807) is 20.8 Å². The first-order valence-corrected chi connectivity index (χ1v) is 9.42. The highest BCUT2D eigenvalue weighted by molar-refractivity contribution is 9.10. The molecule has 1 unspecified atom stereocenters. The summed E-state index contributed by atoms with van der Waals surface area (Å²) in [6.07, 6.45) is 0.454. The van der Waals surface area contributed by atoms with E-state index in [0.717, 1.165) is 0 Å². The zero-order valence-corrected chi connectivity index (χ0v) is 17.4. The average molecular weight is 457 g/mol. The third-order valence-corrected chi connectivity index (χ3v) is 4.60. The SMILES string of the molecule is CC(C)(C)OC(=O)N1CCCC1C(=O)OCC(=O)c1ccc([N+](=O)[O-])c(Br)c1. The van der Waals surface area contributed by atoms with Crippen LogP contribution in [0.3, 0.4) is 0 Å². The summed E-state index contributed by atoms with van der Waals surface area (Å²) in [5.74, 6) is -1.19. The van der Waals surface area contributed by atoms with Crippen LogP contribution in [0.15, 0.2) is 22.7 Å². The lowest BCUT2D eigenvalue weighted by molar-refractivity contribution is -0.385. The molecule has 2 rings (SSSR count). The number of likely N-dealkylation sites (tertiary alicyclic amines) is 1. The minimum atomic E-state index is -0.800. The number of Topliss-reactive ketones (excluding diaryl/α,β-unsaturated/α-hetero) is 1. The van der Waals surface area contributed by atoms with Crippen molar-refractivity contribution in [2.24, 2.45) is 0 Å². The van der Waals surface area contributed by atoms with E-state index < -0.39 is 41.0 Å².